The molecule has 1 aromatic carbocycles. The Morgan fingerprint density at radius 1 is 1.29 bits per heavy atom. The van der Waals surface area contributed by atoms with E-state index in [4.69, 9.17) is 5.11 Å². The van der Waals surface area contributed by atoms with Crippen molar-refractivity contribution >= 4 is 5.97 Å². The molecule has 0 atom stereocenters. The summed E-state index contributed by atoms with van der Waals surface area (Å²) in [6.45, 7) is 2.03. The molecule has 122 valence electrons. The number of aryl methyl sites for hydroxylation is 1. The maximum Gasteiger partial charge on any atom is 0.356 e. The summed E-state index contributed by atoms with van der Waals surface area (Å²) in [5.74, 6) is -0.593. The summed E-state index contributed by atoms with van der Waals surface area (Å²) in [4.78, 5) is 23.7. The molecular formula is C17H15FN4O2. The minimum Gasteiger partial charge on any atom is -0.476 e. The van der Waals surface area contributed by atoms with Crippen molar-refractivity contribution in [2.24, 2.45) is 0 Å². The van der Waals surface area contributed by atoms with E-state index in [1.54, 1.807) is 18.2 Å². The zero-order valence-corrected chi connectivity index (χ0v) is 13.0. The number of nitrogens with zero attached hydrogens (tertiary/aromatic N) is 4. The Labute approximate surface area is 137 Å². The third-order valence-corrected chi connectivity index (χ3v) is 3.42. The first-order valence-electron chi connectivity index (χ1n) is 7.48. The van der Waals surface area contributed by atoms with Crippen LogP contribution in [0.5, 0.6) is 0 Å². The summed E-state index contributed by atoms with van der Waals surface area (Å²) in [5.41, 5.74) is 1.29. The first-order chi connectivity index (χ1) is 11.6. The van der Waals surface area contributed by atoms with Crippen LogP contribution in [0.25, 0.3) is 17.2 Å². The van der Waals surface area contributed by atoms with Gasteiger partial charge in [0.2, 0.25) is 0 Å². The zero-order valence-electron chi connectivity index (χ0n) is 13.0. The van der Waals surface area contributed by atoms with Gasteiger partial charge < -0.3 is 5.11 Å². The van der Waals surface area contributed by atoms with Crippen molar-refractivity contribution in [2.45, 2.75) is 19.8 Å². The molecule has 2 aromatic heterocycles. The van der Waals surface area contributed by atoms with Crippen LogP contribution >= 0.6 is 0 Å². The number of imidazole rings is 1. The summed E-state index contributed by atoms with van der Waals surface area (Å²) in [6, 6.07) is 7.83. The number of benzene rings is 1. The first kappa shape index (κ1) is 15.8. The summed E-state index contributed by atoms with van der Waals surface area (Å²) in [7, 11) is 0. The largest absolute Gasteiger partial charge is 0.476 e. The molecule has 0 amide bonds. The average Bonchev–Trinajstić information content (AvgIpc) is 3.05. The fraction of sp³-hybridized carbons (Fsp3) is 0.176. The molecule has 0 fully saturated rings. The van der Waals surface area contributed by atoms with Gasteiger partial charge in [0, 0.05) is 23.5 Å². The van der Waals surface area contributed by atoms with Gasteiger partial charge in [0.1, 0.15) is 18.0 Å². The number of hydrogen-bond acceptors (Lipinski definition) is 4. The molecule has 2 heterocycles. The van der Waals surface area contributed by atoms with E-state index in [2.05, 4.69) is 15.0 Å². The molecule has 7 heteroatoms. The van der Waals surface area contributed by atoms with Gasteiger partial charge in [-0.05, 0) is 18.6 Å². The number of hydrogen-bond donors (Lipinski definition) is 1. The molecule has 0 saturated carbocycles. The lowest BCUT2D eigenvalue weighted by molar-refractivity contribution is 0.0691. The zero-order chi connectivity index (χ0) is 17.1. The second-order valence-electron chi connectivity index (χ2n) is 5.27. The van der Waals surface area contributed by atoms with Crippen molar-refractivity contribution in [2.75, 3.05) is 0 Å². The molecule has 3 aromatic rings. The lowest BCUT2D eigenvalue weighted by Crippen LogP contribution is -2.03. The SMILES string of the molecule is CCCc1cc(-n2cnc(C(=O)O)c2)nc(-c2cccc(F)c2)n1. The molecule has 6 nitrogen and oxygen atoms in total. The van der Waals surface area contributed by atoms with E-state index in [9.17, 15) is 9.18 Å². The highest BCUT2D eigenvalue weighted by molar-refractivity contribution is 5.85. The highest BCUT2D eigenvalue weighted by atomic mass is 19.1. The molecule has 0 aliphatic carbocycles. The van der Waals surface area contributed by atoms with E-state index >= 15 is 0 Å². The Morgan fingerprint density at radius 3 is 2.79 bits per heavy atom. The quantitative estimate of drug-likeness (QED) is 0.779. The maximum absolute atomic E-state index is 13.5. The predicted octanol–water partition coefficient (Wildman–Crippen LogP) is 3.12. The van der Waals surface area contributed by atoms with Gasteiger partial charge in [0.25, 0.3) is 0 Å². The normalized spacial score (nSPS) is 10.8. The van der Waals surface area contributed by atoms with Crippen LogP contribution in [0.1, 0.15) is 29.5 Å². The number of carbonyl (C=O) groups is 1. The second-order valence-corrected chi connectivity index (χ2v) is 5.27. The van der Waals surface area contributed by atoms with Crippen LogP contribution in [0.3, 0.4) is 0 Å². The Morgan fingerprint density at radius 2 is 2.12 bits per heavy atom. The molecule has 1 N–H and O–H groups in total. The number of halogens is 1. The molecule has 0 unspecified atom stereocenters. The van der Waals surface area contributed by atoms with Gasteiger partial charge in [-0.1, -0.05) is 25.5 Å². The summed E-state index contributed by atoms with van der Waals surface area (Å²) in [6.07, 6.45) is 4.40. The Bertz CT molecular complexity index is 892. The smallest absolute Gasteiger partial charge is 0.356 e. The number of carboxylic acid groups (broad SMARTS) is 1. The highest BCUT2D eigenvalue weighted by Crippen LogP contribution is 2.19. The third-order valence-electron chi connectivity index (χ3n) is 3.42. The van der Waals surface area contributed by atoms with Crippen LogP contribution in [0.15, 0.2) is 42.9 Å². The van der Waals surface area contributed by atoms with Gasteiger partial charge in [-0.3, -0.25) is 4.57 Å². The Hall–Kier alpha value is -3.09. The van der Waals surface area contributed by atoms with Gasteiger partial charge >= 0.3 is 5.97 Å². The van der Waals surface area contributed by atoms with Crippen molar-refractivity contribution in [3.8, 4) is 17.2 Å². The van der Waals surface area contributed by atoms with Gasteiger partial charge in [-0.25, -0.2) is 24.1 Å². The predicted molar refractivity (Wildman–Crippen MR) is 85.5 cm³/mol. The fourth-order valence-corrected chi connectivity index (χ4v) is 2.31. The van der Waals surface area contributed by atoms with Crippen LogP contribution < -0.4 is 0 Å². The van der Waals surface area contributed by atoms with Crippen molar-refractivity contribution in [1.82, 2.24) is 19.5 Å². The number of carboxylic acids is 1. The van der Waals surface area contributed by atoms with Crippen LogP contribution in [0, 0.1) is 5.82 Å². The monoisotopic (exact) mass is 326 g/mol. The van der Waals surface area contributed by atoms with Crippen molar-refractivity contribution in [3.05, 3.63) is 60.1 Å². The van der Waals surface area contributed by atoms with E-state index in [0.717, 1.165) is 18.5 Å². The minimum atomic E-state index is -1.11. The number of rotatable bonds is 5. The topological polar surface area (TPSA) is 80.9 Å². The molecule has 0 bridgehead atoms. The summed E-state index contributed by atoms with van der Waals surface area (Å²) < 4.78 is 15.0. The Balaban J connectivity index is 2.10. The van der Waals surface area contributed by atoms with Crippen LogP contribution in [0.2, 0.25) is 0 Å². The maximum atomic E-state index is 13.5. The molecule has 0 spiro atoms. The average molecular weight is 326 g/mol. The van der Waals surface area contributed by atoms with Crippen LogP contribution in [-0.2, 0) is 6.42 Å². The lowest BCUT2D eigenvalue weighted by atomic mass is 10.2. The standard InChI is InChI=1S/C17H15FN4O2/c1-2-4-13-8-15(22-9-14(17(23)24)19-10-22)21-16(20-13)11-5-3-6-12(18)7-11/h3,5-10H,2,4H2,1H3,(H,23,24). The van der Waals surface area contributed by atoms with E-state index < -0.39 is 5.97 Å². The van der Waals surface area contributed by atoms with E-state index in [1.165, 1.54) is 29.2 Å². The molecule has 0 aliphatic rings. The van der Waals surface area contributed by atoms with Gasteiger partial charge in [-0.2, -0.15) is 0 Å². The van der Waals surface area contributed by atoms with Crippen molar-refractivity contribution in [3.63, 3.8) is 0 Å². The van der Waals surface area contributed by atoms with Gasteiger partial charge in [0.05, 0.1) is 0 Å². The molecule has 24 heavy (non-hydrogen) atoms. The number of aromatic carboxylic acids is 1. The molecule has 0 radical (unpaired) electrons. The van der Waals surface area contributed by atoms with Crippen LogP contribution in [0.4, 0.5) is 4.39 Å². The number of aromatic nitrogens is 4. The van der Waals surface area contributed by atoms with Gasteiger partial charge in [-0.15, -0.1) is 0 Å². The third kappa shape index (κ3) is 3.29. The first-order valence-corrected chi connectivity index (χ1v) is 7.48. The van der Waals surface area contributed by atoms with E-state index in [-0.39, 0.29) is 11.5 Å². The highest BCUT2D eigenvalue weighted by Gasteiger charge is 2.12. The van der Waals surface area contributed by atoms with Crippen molar-refractivity contribution < 1.29 is 14.3 Å². The van der Waals surface area contributed by atoms with E-state index in [1.807, 2.05) is 6.92 Å². The Kier molecular flexibility index (Phi) is 4.33. The molecular weight excluding hydrogens is 311 g/mol. The molecule has 0 aliphatic heterocycles. The summed E-state index contributed by atoms with van der Waals surface area (Å²) in [5, 5.41) is 9.00. The minimum absolute atomic E-state index is 0.0713. The van der Waals surface area contributed by atoms with E-state index in [0.29, 0.717) is 17.2 Å². The molecule has 3 rings (SSSR count). The summed E-state index contributed by atoms with van der Waals surface area (Å²) >= 11 is 0. The van der Waals surface area contributed by atoms with Crippen LogP contribution in [-0.4, -0.2) is 30.6 Å². The fourth-order valence-electron chi connectivity index (χ4n) is 2.31. The van der Waals surface area contributed by atoms with Gasteiger partial charge in [0.15, 0.2) is 11.5 Å². The lowest BCUT2D eigenvalue weighted by Gasteiger charge is -2.08. The second kappa shape index (κ2) is 6.57. The molecule has 0 saturated heterocycles. The van der Waals surface area contributed by atoms with Crippen molar-refractivity contribution in [1.29, 1.82) is 0 Å².